The van der Waals surface area contributed by atoms with Gasteiger partial charge in [-0.15, -0.1) is 0 Å². The van der Waals surface area contributed by atoms with Crippen LogP contribution in [0.15, 0.2) is 94.3 Å². The lowest BCUT2D eigenvalue weighted by Gasteiger charge is -2.28. The molecule has 0 aliphatic heterocycles. The van der Waals surface area contributed by atoms with E-state index in [0.717, 1.165) is 40.7 Å². The number of aromatic nitrogens is 2. The number of benzene rings is 3. The van der Waals surface area contributed by atoms with Crippen LogP contribution in [0, 0.1) is 23.7 Å². The minimum absolute atomic E-state index is 0.106. The summed E-state index contributed by atoms with van der Waals surface area (Å²) in [6, 6.07) is 24.4. The Bertz CT molecular complexity index is 2500. The van der Waals surface area contributed by atoms with Gasteiger partial charge in [0.2, 0.25) is 11.6 Å². The van der Waals surface area contributed by atoms with Crippen molar-refractivity contribution in [1.82, 2.24) is 20.2 Å². The van der Waals surface area contributed by atoms with E-state index in [1.807, 2.05) is 89.2 Å². The third kappa shape index (κ3) is 11.1. The normalized spacial score (nSPS) is 17.0. The number of rotatable bonds is 21. The van der Waals surface area contributed by atoms with E-state index in [0.29, 0.717) is 36.8 Å². The molecular weight excluding hydrogens is 837 g/mol. The Morgan fingerprint density at radius 2 is 1.48 bits per heavy atom. The van der Waals surface area contributed by atoms with Crippen LogP contribution >= 0.6 is 0 Å². The van der Waals surface area contributed by atoms with E-state index in [-0.39, 0.29) is 49.2 Å². The third-order valence-electron chi connectivity index (χ3n) is 13.1. The van der Waals surface area contributed by atoms with Crippen molar-refractivity contribution in [2.24, 2.45) is 23.7 Å². The lowest BCUT2D eigenvalue weighted by Crippen LogP contribution is -2.51. The molecular formula is C53H64N4O9. The maximum atomic E-state index is 14.2. The molecule has 2 aliphatic rings. The van der Waals surface area contributed by atoms with Gasteiger partial charge in [0.05, 0.1) is 17.5 Å². The molecule has 1 fully saturated rings. The predicted octanol–water partition coefficient (Wildman–Crippen LogP) is 9.37. The maximum Gasteiger partial charge on any atom is 0.407 e. The summed E-state index contributed by atoms with van der Waals surface area (Å²) < 4.78 is 24.8. The molecule has 0 spiro atoms. The number of nitrogens with zero attached hydrogens (tertiary/aromatic N) is 2. The third-order valence-corrected chi connectivity index (χ3v) is 13.1. The zero-order chi connectivity index (χ0) is 46.9. The number of ketones is 1. The van der Waals surface area contributed by atoms with Gasteiger partial charge in [-0.2, -0.15) is 4.98 Å². The average molecular weight is 901 g/mol. The smallest absolute Gasteiger partial charge is 0.407 e. The second-order valence-electron chi connectivity index (χ2n) is 18.4. The fourth-order valence-corrected chi connectivity index (χ4v) is 9.27. The first-order valence-electron chi connectivity index (χ1n) is 23.7. The summed E-state index contributed by atoms with van der Waals surface area (Å²) >= 11 is 0. The Labute approximate surface area is 387 Å². The van der Waals surface area contributed by atoms with Gasteiger partial charge in [0.25, 0.3) is 0 Å². The summed E-state index contributed by atoms with van der Waals surface area (Å²) in [6.45, 7) is 11.3. The second kappa shape index (κ2) is 21.9. The molecule has 7 rings (SSSR count). The zero-order valence-corrected chi connectivity index (χ0v) is 39.0. The molecule has 13 nitrogen and oxygen atoms in total. The summed E-state index contributed by atoms with van der Waals surface area (Å²) in [5, 5.41) is 6.36. The molecule has 0 bridgehead atoms. The standard InChI is InChI=1S/C53H64N4O9/c1-7-9-10-16-34-23-25-35(26-24-34)45-27-36-28-57(52(61)56-50(36)66-45)31-65-37(8-2)29-63-51(60)47(33(5)6)54-49(59)43-22-15-21-42(43)48(58)46(32(3)4)55-53(62)64-30-44-40-19-13-11-17-38(40)39-18-12-14-20-41(39)44/h11-14,17-20,23-28,32-33,37,42-44,46-47H,7-10,15-16,21-22,29-31H2,1-6H3,(H,54,59)(H,55,62)/t37-,42?,43?,46?,47?/m0/s1. The number of carbonyl (C=O) groups is 4. The lowest BCUT2D eigenvalue weighted by molar-refractivity contribution is -0.154. The predicted molar refractivity (Wildman–Crippen MR) is 252 cm³/mol. The SMILES string of the molecule is CCCCCc1ccc(-c2cc3cn(CO[C@@H](CC)COC(=O)C(NC(=O)C4CCCC4C(=O)C(NC(=O)OCC4c5ccccc5-c5ccccc54)C(C)C)C(C)C)c(=O)nc3o2)cc1. The Balaban J connectivity index is 0.909. The van der Waals surface area contributed by atoms with Crippen LogP contribution in [0.5, 0.6) is 0 Å². The quantitative estimate of drug-likeness (QED) is 0.0535. The van der Waals surface area contributed by atoms with Crippen molar-refractivity contribution < 1.29 is 37.8 Å². The van der Waals surface area contributed by atoms with Crippen LogP contribution < -0.4 is 16.3 Å². The highest BCUT2D eigenvalue weighted by molar-refractivity contribution is 5.95. The molecule has 2 amide bonds. The Morgan fingerprint density at radius 3 is 2.14 bits per heavy atom. The average Bonchev–Trinajstić information content (AvgIpc) is 4.05. The number of hydrogen-bond acceptors (Lipinski definition) is 10. The zero-order valence-electron chi connectivity index (χ0n) is 39.0. The summed E-state index contributed by atoms with van der Waals surface area (Å²) in [5.41, 5.74) is 6.26. The van der Waals surface area contributed by atoms with Gasteiger partial charge in [-0.3, -0.25) is 14.2 Å². The number of furan rings is 1. The first-order valence-corrected chi connectivity index (χ1v) is 23.7. The molecule has 2 N–H and O–H groups in total. The van der Waals surface area contributed by atoms with Gasteiger partial charge in [-0.05, 0) is 77.8 Å². The number of esters is 1. The van der Waals surface area contributed by atoms with Crippen LogP contribution in [0.25, 0.3) is 33.6 Å². The summed E-state index contributed by atoms with van der Waals surface area (Å²) in [6.07, 6.45) is 7.04. The molecule has 2 heterocycles. The van der Waals surface area contributed by atoms with Gasteiger partial charge < -0.3 is 29.3 Å². The topological polar surface area (TPSA) is 168 Å². The van der Waals surface area contributed by atoms with E-state index in [2.05, 4.69) is 46.8 Å². The number of carbonyl (C=O) groups excluding carboxylic acids is 4. The van der Waals surface area contributed by atoms with E-state index in [1.54, 1.807) is 6.20 Å². The number of alkyl carbamates (subject to hydrolysis) is 1. The van der Waals surface area contributed by atoms with Gasteiger partial charge in [0, 0.05) is 29.5 Å². The van der Waals surface area contributed by atoms with E-state index in [4.69, 9.17) is 18.6 Å². The minimum atomic E-state index is -0.979. The van der Waals surface area contributed by atoms with Crippen molar-refractivity contribution in [3.63, 3.8) is 0 Å². The van der Waals surface area contributed by atoms with Crippen LogP contribution in [-0.4, -0.2) is 64.7 Å². The number of hydrogen-bond donors (Lipinski definition) is 2. The minimum Gasteiger partial charge on any atom is -0.461 e. The van der Waals surface area contributed by atoms with E-state index < -0.39 is 53.7 Å². The van der Waals surface area contributed by atoms with Gasteiger partial charge in [-0.25, -0.2) is 14.4 Å². The maximum absolute atomic E-state index is 14.2. The monoisotopic (exact) mass is 900 g/mol. The summed E-state index contributed by atoms with van der Waals surface area (Å²) in [7, 11) is 0. The van der Waals surface area contributed by atoms with Crippen LogP contribution in [0.1, 0.15) is 109 Å². The molecule has 3 aromatic carbocycles. The van der Waals surface area contributed by atoms with Crippen molar-refractivity contribution in [3.05, 3.63) is 112 Å². The van der Waals surface area contributed by atoms with Gasteiger partial charge in [0.15, 0.2) is 5.78 Å². The van der Waals surface area contributed by atoms with Crippen LogP contribution in [0.4, 0.5) is 4.79 Å². The number of aryl methyl sites for hydroxylation is 1. The highest BCUT2D eigenvalue weighted by Gasteiger charge is 2.43. The molecule has 5 atom stereocenters. The number of amides is 2. The lowest BCUT2D eigenvalue weighted by atomic mass is 9.84. The first kappa shape index (κ1) is 47.9. The number of unbranched alkanes of at least 4 members (excludes halogenated alkanes) is 2. The number of Topliss-reactive ketones (excluding diaryl/α,β-unsaturated/α-hetero) is 1. The van der Waals surface area contributed by atoms with Crippen molar-refractivity contribution in [3.8, 4) is 22.5 Å². The van der Waals surface area contributed by atoms with E-state index in [9.17, 15) is 24.0 Å². The fraction of sp³-hybridized carbons (Fsp3) is 0.472. The summed E-state index contributed by atoms with van der Waals surface area (Å²) in [5.74, 6) is -2.70. The largest absolute Gasteiger partial charge is 0.461 e. The molecule has 2 aliphatic carbocycles. The molecule has 4 unspecified atom stereocenters. The van der Waals surface area contributed by atoms with Gasteiger partial charge >= 0.3 is 17.8 Å². The molecule has 13 heteroatoms. The van der Waals surface area contributed by atoms with Crippen molar-refractivity contribution in [2.45, 2.75) is 124 Å². The number of fused-ring (bicyclic) bond motifs is 4. The Hall–Kier alpha value is -6.08. The van der Waals surface area contributed by atoms with E-state index in [1.165, 1.54) is 23.0 Å². The van der Waals surface area contributed by atoms with E-state index >= 15 is 0 Å². The van der Waals surface area contributed by atoms with Crippen LogP contribution in [-0.2, 0) is 41.7 Å². The van der Waals surface area contributed by atoms with Crippen molar-refractivity contribution in [1.29, 1.82) is 0 Å². The molecule has 0 saturated heterocycles. The van der Waals surface area contributed by atoms with Crippen molar-refractivity contribution in [2.75, 3.05) is 13.2 Å². The van der Waals surface area contributed by atoms with Crippen LogP contribution in [0.3, 0.4) is 0 Å². The Morgan fingerprint density at radius 1 is 0.818 bits per heavy atom. The Kier molecular flexibility index (Phi) is 15.9. The second-order valence-corrected chi connectivity index (χ2v) is 18.4. The highest BCUT2D eigenvalue weighted by Crippen LogP contribution is 2.44. The number of nitrogens with one attached hydrogen (secondary N) is 2. The molecule has 1 saturated carbocycles. The molecule has 5 aromatic rings. The van der Waals surface area contributed by atoms with Gasteiger partial charge in [-0.1, -0.05) is 134 Å². The van der Waals surface area contributed by atoms with Crippen molar-refractivity contribution >= 4 is 34.9 Å². The first-order chi connectivity index (χ1) is 31.9. The molecule has 66 heavy (non-hydrogen) atoms. The fourth-order valence-electron chi connectivity index (χ4n) is 9.27. The summed E-state index contributed by atoms with van der Waals surface area (Å²) in [4.78, 5) is 72.0. The molecule has 2 aromatic heterocycles. The van der Waals surface area contributed by atoms with Gasteiger partial charge in [0.1, 0.15) is 31.7 Å². The highest BCUT2D eigenvalue weighted by atomic mass is 16.6. The molecule has 350 valence electrons. The molecule has 0 radical (unpaired) electrons. The van der Waals surface area contributed by atoms with Crippen LogP contribution in [0.2, 0.25) is 0 Å². The number of ether oxygens (including phenoxy) is 3.